The molecule has 1 fully saturated rings. The van der Waals surface area contributed by atoms with Gasteiger partial charge in [0.05, 0.1) is 0 Å². The van der Waals surface area contributed by atoms with Crippen LogP contribution in [0.4, 0.5) is 0 Å². The lowest BCUT2D eigenvalue weighted by Gasteiger charge is -2.33. The van der Waals surface area contributed by atoms with E-state index in [1.807, 2.05) is 48.2 Å². The number of carbonyl (C=O) groups is 3. The van der Waals surface area contributed by atoms with E-state index in [4.69, 9.17) is 0 Å². The SMILES string of the molecule is CCNC(=O)c1ccc2c(c1)CCN(C(=O)[C@@H](Cc1ccc3ccccc3c1)NC(=O)C1CCNCC1)C2.Cl. The smallest absolute Gasteiger partial charge is 0.251 e. The quantitative estimate of drug-likeness (QED) is 0.420. The molecule has 7 nitrogen and oxygen atoms in total. The summed E-state index contributed by atoms with van der Waals surface area (Å²) in [4.78, 5) is 41.2. The van der Waals surface area contributed by atoms with Gasteiger partial charge in [-0.1, -0.05) is 48.5 Å². The molecule has 3 amide bonds. The molecule has 0 radical (unpaired) electrons. The summed E-state index contributed by atoms with van der Waals surface area (Å²) in [7, 11) is 0. The van der Waals surface area contributed by atoms with Crippen molar-refractivity contribution in [1.29, 1.82) is 0 Å². The lowest BCUT2D eigenvalue weighted by molar-refractivity contribution is -0.138. The van der Waals surface area contributed by atoms with E-state index in [9.17, 15) is 14.4 Å². The standard InChI is InChI=1S/C31H36N4O3.ClH/c1-2-33-29(36)26-9-10-27-20-35(16-13-25(27)19-26)31(38)28(34-30(37)23-11-14-32-15-12-23)18-21-7-8-22-5-3-4-6-24(22)17-21;/h3-10,17,19,23,28,32H,2,11-16,18,20H2,1H3,(H,33,36)(H,34,37);1H/t28-;/m1./s1. The highest BCUT2D eigenvalue weighted by atomic mass is 35.5. The van der Waals surface area contributed by atoms with Crippen LogP contribution in [0.15, 0.2) is 60.7 Å². The molecule has 1 atom stereocenters. The van der Waals surface area contributed by atoms with E-state index in [0.717, 1.165) is 53.4 Å². The van der Waals surface area contributed by atoms with Gasteiger partial charge >= 0.3 is 0 Å². The number of amides is 3. The number of hydrogen-bond acceptors (Lipinski definition) is 4. The molecule has 0 aliphatic carbocycles. The first-order valence-electron chi connectivity index (χ1n) is 13.7. The van der Waals surface area contributed by atoms with Crippen LogP contribution in [0.2, 0.25) is 0 Å². The van der Waals surface area contributed by atoms with Gasteiger partial charge in [0, 0.05) is 37.5 Å². The van der Waals surface area contributed by atoms with Crippen molar-refractivity contribution in [2.24, 2.45) is 5.92 Å². The minimum Gasteiger partial charge on any atom is -0.352 e. The Hall–Kier alpha value is -3.42. The summed E-state index contributed by atoms with van der Waals surface area (Å²) in [6.45, 7) is 5.16. The fraction of sp³-hybridized carbons (Fsp3) is 0.387. The highest BCUT2D eigenvalue weighted by Crippen LogP contribution is 2.23. The van der Waals surface area contributed by atoms with Crippen LogP contribution in [0.25, 0.3) is 10.8 Å². The van der Waals surface area contributed by atoms with Gasteiger partial charge in [0.1, 0.15) is 6.04 Å². The van der Waals surface area contributed by atoms with Crippen LogP contribution < -0.4 is 16.0 Å². The first kappa shape index (κ1) is 28.6. The molecule has 8 heteroatoms. The molecule has 3 aromatic rings. The molecule has 0 unspecified atom stereocenters. The highest BCUT2D eigenvalue weighted by molar-refractivity contribution is 5.94. The maximum Gasteiger partial charge on any atom is 0.251 e. The Kier molecular flexibility index (Phi) is 9.59. The maximum absolute atomic E-state index is 13.9. The summed E-state index contributed by atoms with van der Waals surface area (Å²) >= 11 is 0. The molecular formula is C31H37ClN4O3. The number of benzene rings is 3. The molecule has 206 valence electrons. The number of fused-ring (bicyclic) bond motifs is 2. The summed E-state index contributed by atoms with van der Waals surface area (Å²) in [5.74, 6) is -0.240. The van der Waals surface area contributed by atoms with Gasteiger partial charge in [0.25, 0.3) is 5.91 Å². The Morgan fingerprint density at radius 3 is 2.51 bits per heavy atom. The molecule has 3 aromatic carbocycles. The second kappa shape index (κ2) is 13.1. The van der Waals surface area contributed by atoms with Crippen molar-refractivity contribution >= 4 is 40.9 Å². The summed E-state index contributed by atoms with van der Waals surface area (Å²) < 4.78 is 0. The molecule has 3 N–H and O–H groups in total. The molecule has 0 spiro atoms. The third-order valence-corrected chi connectivity index (χ3v) is 7.71. The van der Waals surface area contributed by atoms with E-state index in [2.05, 4.69) is 40.2 Å². The van der Waals surface area contributed by atoms with Gasteiger partial charge in [0.2, 0.25) is 11.8 Å². The van der Waals surface area contributed by atoms with Gasteiger partial charge in [-0.15, -0.1) is 12.4 Å². The number of hydrogen-bond donors (Lipinski definition) is 3. The Balaban J connectivity index is 0.00000353. The van der Waals surface area contributed by atoms with E-state index < -0.39 is 6.04 Å². The van der Waals surface area contributed by atoms with Crippen LogP contribution in [-0.4, -0.2) is 54.8 Å². The molecule has 2 heterocycles. The molecule has 1 saturated heterocycles. The van der Waals surface area contributed by atoms with Gasteiger partial charge < -0.3 is 20.9 Å². The molecule has 0 aromatic heterocycles. The fourth-order valence-corrected chi connectivity index (χ4v) is 5.54. The summed E-state index contributed by atoms with van der Waals surface area (Å²) in [5, 5.41) is 11.5. The first-order valence-corrected chi connectivity index (χ1v) is 13.7. The molecular weight excluding hydrogens is 512 g/mol. The Morgan fingerprint density at radius 2 is 1.74 bits per heavy atom. The largest absolute Gasteiger partial charge is 0.352 e. The predicted molar refractivity (Wildman–Crippen MR) is 156 cm³/mol. The maximum atomic E-state index is 13.9. The van der Waals surface area contributed by atoms with Gasteiger partial charge in [-0.3, -0.25) is 14.4 Å². The second-order valence-electron chi connectivity index (χ2n) is 10.3. The summed E-state index contributed by atoms with van der Waals surface area (Å²) in [5.41, 5.74) is 3.82. The minimum absolute atomic E-state index is 0. The lowest BCUT2D eigenvalue weighted by atomic mass is 9.94. The van der Waals surface area contributed by atoms with Crippen molar-refractivity contribution in [3.05, 3.63) is 82.9 Å². The van der Waals surface area contributed by atoms with Gasteiger partial charge in [-0.05, 0) is 78.9 Å². The zero-order valence-electron chi connectivity index (χ0n) is 22.4. The van der Waals surface area contributed by atoms with Crippen molar-refractivity contribution in [2.75, 3.05) is 26.2 Å². The minimum atomic E-state index is -0.630. The van der Waals surface area contributed by atoms with Crippen LogP contribution >= 0.6 is 12.4 Å². The Bertz CT molecular complexity index is 1340. The van der Waals surface area contributed by atoms with Gasteiger partial charge in [0.15, 0.2) is 0 Å². The first-order chi connectivity index (χ1) is 18.5. The molecule has 0 saturated carbocycles. The van der Waals surface area contributed by atoms with E-state index >= 15 is 0 Å². The fourth-order valence-electron chi connectivity index (χ4n) is 5.54. The van der Waals surface area contributed by atoms with Crippen molar-refractivity contribution in [2.45, 2.75) is 45.2 Å². The monoisotopic (exact) mass is 548 g/mol. The van der Waals surface area contributed by atoms with Crippen LogP contribution in [-0.2, 0) is 29.0 Å². The Morgan fingerprint density at radius 1 is 0.974 bits per heavy atom. The average Bonchev–Trinajstić information content (AvgIpc) is 2.96. The van der Waals surface area contributed by atoms with Crippen LogP contribution in [0.5, 0.6) is 0 Å². The molecule has 5 rings (SSSR count). The van der Waals surface area contributed by atoms with Crippen LogP contribution in [0.3, 0.4) is 0 Å². The van der Waals surface area contributed by atoms with Gasteiger partial charge in [-0.25, -0.2) is 0 Å². The van der Waals surface area contributed by atoms with E-state index in [1.54, 1.807) is 0 Å². The van der Waals surface area contributed by atoms with Crippen molar-refractivity contribution in [3.63, 3.8) is 0 Å². The summed E-state index contributed by atoms with van der Waals surface area (Å²) in [6.07, 6.45) is 2.70. The van der Waals surface area contributed by atoms with Crippen molar-refractivity contribution in [3.8, 4) is 0 Å². The second-order valence-corrected chi connectivity index (χ2v) is 10.3. The number of halogens is 1. The zero-order chi connectivity index (χ0) is 26.5. The molecule has 39 heavy (non-hydrogen) atoms. The number of carbonyl (C=O) groups excluding carboxylic acids is 3. The molecule has 0 bridgehead atoms. The normalized spacial score (nSPS) is 16.1. The van der Waals surface area contributed by atoms with E-state index in [1.165, 1.54) is 0 Å². The average molecular weight is 549 g/mol. The number of nitrogens with zero attached hydrogens (tertiary/aromatic N) is 1. The summed E-state index contributed by atoms with van der Waals surface area (Å²) in [6, 6.07) is 19.5. The van der Waals surface area contributed by atoms with Gasteiger partial charge in [-0.2, -0.15) is 0 Å². The number of piperidine rings is 1. The molecule has 2 aliphatic heterocycles. The Labute approximate surface area is 236 Å². The topological polar surface area (TPSA) is 90.5 Å². The lowest BCUT2D eigenvalue weighted by Crippen LogP contribution is -2.52. The predicted octanol–water partition coefficient (Wildman–Crippen LogP) is 3.62. The third-order valence-electron chi connectivity index (χ3n) is 7.71. The van der Waals surface area contributed by atoms with Crippen molar-refractivity contribution in [1.82, 2.24) is 20.9 Å². The number of rotatable bonds is 7. The third kappa shape index (κ3) is 6.78. The molecule has 2 aliphatic rings. The zero-order valence-corrected chi connectivity index (χ0v) is 23.2. The highest BCUT2D eigenvalue weighted by Gasteiger charge is 2.31. The van der Waals surface area contributed by atoms with Crippen molar-refractivity contribution < 1.29 is 14.4 Å². The van der Waals surface area contributed by atoms with E-state index in [-0.39, 0.29) is 36.0 Å². The van der Waals surface area contributed by atoms with E-state index in [0.29, 0.717) is 38.0 Å². The number of nitrogens with one attached hydrogen (secondary N) is 3. The van der Waals surface area contributed by atoms with Crippen LogP contribution in [0.1, 0.15) is 46.8 Å². The van der Waals surface area contributed by atoms with Crippen LogP contribution in [0, 0.1) is 5.92 Å².